The minimum absolute atomic E-state index is 0.0911. The van der Waals surface area contributed by atoms with Crippen LogP contribution >= 0.6 is 11.8 Å². The third-order valence-corrected chi connectivity index (χ3v) is 2.75. The molecular formula is C9H2F10S. The number of hydrogen-bond donors (Lipinski definition) is 0. The predicted octanol–water partition coefficient (Wildman–Crippen LogP) is 5.48. The van der Waals surface area contributed by atoms with E-state index in [0.717, 1.165) is 0 Å². The van der Waals surface area contributed by atoms with Crippen LogP contribution in [-0.4, -0.2) is 5.51 Å². The smallest absolute Gasteiger partial charge is 0.206 e. The first-order chi connectivity index (χ1) is 8.73. The predicted molar refractivity (Wildman–Crippen MR) is 48.3 cm³/mol. The average Bonchev–Trinajstić information content (AvgIpc) is 2.15. The van der Waals surface area contributed by atoms with Crippen LogP contribution in [0, 0.1) is 5.82 Å². The molecule has 0 aliphatic heterocycles. The van der Waals surface area contributed by atoms with Gasteiger partial charge in [0.05, 0.1) is 16.0 Å². The van der Waals surface area contributed by atoms with Gasteiger partial charge < -0.3 is 0 Å². The lowest BCUT2D eigenvalue weighted by Crippen LogP contribution is -2.19. The van der Waals surface area contributed by atoms with Gasteiger partial charge in [-0.15, -0.1) is 0 Å². The van der Waals surface area contributed by atoms with Crippen LogP contribution < -0.4 is 0 Å². The van der Waals surface area contributed by atoms with Crippen LogP contribution in [0.25, 0.3) is 0 Å². The van der Waals surface area contributed by atoms with Crippen LogP contribution in [0.3, 0.4) is 0 Å². The van der Waals surface area contributed by atoms with Crippen molar-refractivity contribution < 1.29 is 43.9 Å². The zero-order valence-corrected chi connectivity index (χ0v) is 9.66. The largest absolute Gasteiger partial charge is 0.446 e. The quantitative estimate of drug-likeness (QED) is 0.485. The average molecular weight is 332 g/mol. The van der Waals surface area contributed by atoms with Gasteiger partial charge in [0.15, 0.2) is 0 Å². The molecular weight excluding hydrogens is 330 g/mol. The molecule has 1 aromatic carbocycles. The van der Waals surface area contributed by atoms with E-state index in [1.165, 1.54) is 0 Å². The maximum Gasteiger partial charge on any atom is 0.446 e. The Morgan fingerprint density at radius 1 is 0.750 bits per heavy atom. The standard InChI is InChI=1S/C9H2F10S/c10-4-2-1-3(7(11,12)13)5(8(14,15)16)6(4)20-9(17,18)19/h1-2H. The summed E-state index contributed by atoms with van der Waals surface area (Å²) in [5.41, 5.74) is -10.4. The van der Waals surface area contributed by atoms with Crippen LogP contribution in [0.2, 0.25) is 0 Å². The Bertz CT molecular complexity index is 495. The number of thioether (sulfide) groups is 1. The fraction of sp³-hybridized carbons (Fsp3) is 0.333. The van der Waals surface area contributed by atoms with E-state index in [0.29, 0.717) is 0 Å². The van der Waals surface area contributed by atoms with Crippen molar-refractivity contribution in [2.24, 2.45) is 0 Å². The van der Waals surface area contributed by atoms with Gasteiger partial charge in [0.25, 0.3) is 0 Å². The molecule has 0 amide bonds. The second kappa shape index (κ2) is 5.01. The van der Waals surface area contributed by atoms with E-state index in [2.05, 4.69) is 0 Å². The van der Waals surface area contributed by atoms with Crippen molar-refractivity contribution in [1.29, 1.82) is 0 Å². The highest BCUT2D eigenvalue weighted by atomic mass is 32.2. The molecule has 20 heavy (non-hydrogen) atoms. The van der Waals surface area contributed by atoms with E-state index in [1.54, 1.807) is 0 Å². The minimum Gasteiger partial charge on any atom is -0.206 e. The monoisotopic (exact) mass is 332 g/mol. The Balaban J connectivity index is 3.64. The van der Waals surface area contributed by atoms with Crippen LogP contribution in [0.5, 0.6) is 0 Å². The summed E-state index contributed by atoms with van der Waals surface area (Å²) in [6.07, 6.45) is -11.4. The van der Waals surface area contributed by atoms with Crippen molar-refractivity contribution in [1.82, 2.24) is 0 Å². The molecule has 0 radical (unpaired) electrons. The molecule has 0 spiro atoms. The van der Waals surface area contributed by atoms with E-state index in [4.69, 9.17) is 0 Å². The van der Waals surface area contributed by atoms with Crippen LogP contribution in [0.15, 0.2) is 17.0 Å². The molecule has 0 aliphatic rings. The van der Waals surface area contributed by atoms with Gasteiger partial charge in [-0.25, -0.2) is 4.39 Å². The summed E-state index contributed by atoms with van der Waals surface area (Å²) >= 11 is -1.58. The molecule has 1 aromatic rings. The van der Waals surface area contributed by atoms with Crippen LogP contribution in [0.1, 0.15) is 11.1 Å². The molecule has 1 rings (SSSR count). The summed E-state index contributed by atoms with van der Waals surface area (Å²) in [4.78, 5) is -2.15. The molecule has 0 aliphatic carbocycles. The third-order valence-electron chi connectivity index (χ3n) is 1.92. The van der Waals surface area contributed by atoms with Gasteiger partial charge in [-0.1, -0.05) is 0 Å². The van der Waals surface area contributed by atoms with E-state index >= 15 is 0 Å². The molecule has 0 atom stereocenters. The van der Waals surface area contributed by atoms with Crippen molar-refractivity contribution in [3.8, 4) is 0 Å². The van der Waals surface area contributed by atoms with Crippen molar-refractivity contribution in [3.05, 3.63) is 29.1 Å². The zero-order valence-electron chi connectivity index (χ0n) is 8.84. The Kier molecular flexibility index (Phi) is 4.24. The summed E-state index contributed by atoms with van der Waals surface area (Å²) < 4.78 is 124. The number of rotatable bonds is 1. The Labute approximate surface area is 108 Å². The van der Waals surface area contributed by atoms with Crippen LogP contribution in [-0.2, 0) is 12.4 Å². The first kappa shape index (κ1) is 16.9. The van der Waals surface area contributed by atoms with Crippen molar-refractivity contribution in [2.75, 3.05) is 0 Å². The Hall–Kier alpha value is -1.13. The van der Waals surface area contributed by atoms with Crippen molar-refractivity contribution >= 4 is 11.8 Å². The number of alkyl halides is 9. The molecule has 0 saturated carbocycles. The minimum atomic E-state index is -5.79. The molecule has 11 heteroatoms. The molecule has 0 bridgehead atoms. The molecule has 0 heterocycles. The summed E-state index contributed by atoms with van der Waals surface area (Å²) in [5.74, 6) is -2.03. The molecule has 0 unspecified atom stereocenters. The fourth-order valence-electron chi connectivity index (χ4n) is 1.29. The third kappa shape index (κ3) is 3.93. The molecule has 0 fully saturated rings. The first-order valence-electron chi connectivity index (χ1n) is 4.46. The van der Waals surface area contributed by atoms with Gasteiger partial charge in [0.1, 0.15) is 5.82 Å². The van der Waals surface area contributed by atoms with Crippen molar-refractivity contribution in [3.63, 3.8) is 0 Å². The Morgan fingerprint density at radius 3 is 1.60 bits per heavy atom. The van der Waals surface area contributed by atoms with E-state index in [-0.39, 0.29) is 12.1 Å². The maximum absolute atomic E-state index is 13.1. The maximum atomic E-state index is 13.1. The molecule has 114 valence electrons. The fourth-order valence-corrected chi connectivity index (χ4v) is 2.02. The van der Waals surface area contributed by atoms with Gasteiger partial charge in [-0.2, -0.15) is 39.5 Å². The molecule has 0 saturated heterocycles. The SMILES string of the molecule is Fc1ccc(C(F)(F)F)c(C(F)(F)F)c1SC(F)(F)F. The van der Waals surface area contributed by atoms with Crippen molar-refractivity contribution in [2.45, 2.75) is 22.8 Å². The topological polar surface area (TPSA) is 0 Å². The summed E-state index contributed by atoms with van der Waals surface area (Å²) in [6.45, 7) is 0. The van der Waals surface area contributed by atoms with Crippen LogP contribution in [0.4, 0.5) is 43.9 Å². The molecule has 0 N–H and O–H groups in total. The first-order valence-corrected chi connectivity index (χ1v) is 5.28. The highest BCUT2D eigenvalue weighted by molar-refractivity contribution is 8.00. The second-order valence-corrected chi connectivity index (χ2v) is 4.42. The second-order valence-electron chi connectivity index (χ2n) is 3.34. The number of benzene rings is 1. The lowest BCUT2D eigenvalue weighted by Gasteiger charge is -2.19. The lowest BCUT2D eigenvalue weighted by molar-refractivity contribution is -0.164. The summed E-state index contributed by atoms with van der Waals surface area (Å²) in [6, 6.07) is -0.343. The van der Waals surface area contributed by atoms with E-state index < -0.39 is 51.5 Å². The van der Waals surface area contributed by atoms with Gasteiger partial charge >= 0.3 is 17.9 Å². The highest BCUT2D eigenvalue weighted by Crippen LogP contribution is 2.49. The van der Waals surface area contributed by atoms with E-state index in [1.807, 2.05) is 0 Å². The summed E-state index contributed by atoms with van der Waals surface area (Å²) in [7, 11) is 0. The number of hydrogen-bond acceptors (Lipinski definition) is 1. The molecule has 0 aromatic heterocycles. The molecule has 0 nitrogen and oxygen atoms in total. The Morgan fingerprint density at radius 2 is 1.25 bits per heavy atom. The highest BCUT2D eigenvalue weighted by Gasteiger charge is 2.47. The number of halogens is 10. The van der Waals surface area contributed by atoms with Gasteiger partial charge in [-0.05, 0) is 23.9 Å². The normalized spacial score (nSPS) is 13.7. The summed E-state index contributed by atoms with van der Waals surface area (Å²) in [5, 5.41) is 0. The van der Waals surface area contributed by atoms with Gasteiger partial charge in [0.2, 0.25) is 0 Å². The van der Waals surface area contributed by atoms with E-state index in [9.17, 15) is 43.9 Å². The van der Waals surface area contributed by atoms with Gasteiger partial charge in [-0.3, -0.25) is 0 Å². The lowest BCUT2D eigenvalue weighted by atomic mass is 10.1. The van der Waals surface area contributed by atoms with Gasteiger partial charge in [0, 0.05) is 0 Å². The zero-order chi connectivity index (χ0) is 15.9.